The van der Waals surface area contributed by atoms with E-state index in [4.69, 9.17) is 16.3 Å². The maximum Gasteiger partial charge on any atom is 0.341 e. The third-order valence-electron chi connectivity index (χ3n) is 2.91. The van der Waals surface area contributed by atoms with Gasteiger partial charge < -0.3 is 9.14 Å². The van der Waals surface area contributed by atoms with Crippen molar-refractivity contribution in [1.29, 1.82) is 0 Å². The predicted octanol–water partition coefficient (Wildman–Crippen LogP) is 3.48. The van der Waals surface area contributed by atoms with Crippen LogP contribution in [0.25, 0.3) is 5.65 Å². The highest BCUT2D eigenvalue weighted by atomic mass is 35.5. The summed E-state index contributed by atoms with van der Waals surface area (Å²) in [7, 11) is 0. The Hall–Kier alpha value is -2.40. The van der Waals surface area contributed by atoms with Crippen LogP contribution in [0.15, 0.2) is 48.8 Å². The smallest absolute Gasteiger partial charge is 0.341 e. The lowest BCUT2D eigenvalue weighted by Gasteiger charge is -2.03. The van der Waals surface area contributed by atoms with Gasteiger partial charge in [0, 0.05) is 12.4 Å². The Kier molecular flexibility index (Phi) is 3.58. The van der Waals surface area contributed by atoms with Crippen molar-refractivity contribution in [2.75, 3.05) is 0 Å². The van der Waals surface area contributed by atoms with Crippen LogP contribution in [0.1, 0.15) is 16.1 Å². The van der Waals surface area contributed by atoms with Crippen LogP contribution in [0.5, 0.6) is 0 Å². The summed E-state index contributed by atoms with van der Waals surface area (Å²) >= 11 is 5.88. The van der Waals surface area contributed by atoms with Gasteiger partial charge in [-0.2, -0.15) is 0 Å². The molecule has 0 atom stereocenters. The van der Waals surface area contributed by atoms with Crippen LogP contribution in [0.3, 0.4) is 0 Å². The van der Waals surface area contributed by atoms with Gasteiger partial charge in [-0.25, -0.2) is 14.2 Å². The number of benzene rings is 1. The molecule has 0 fully saturated rings. The van der Waals surface area contributed by atoms with Gasteiger partial charge in [-0.05, 0) is 24.3 Å². The van der Waals surface area contributed by atoms with Crippen molar-refractivity contribution in [3.05, 3.63) is 70.9 Å². The molecule has 0 radical (unpaired) electrons. The Bertz CT molecular complexity index is 816. The summed E-state index contributed by atoms with van der Waals surface area (Å²) in [5, 5.41) is 0.579. The van der Waals surface area contributed by atoms with Crippen LogP contribution in [0, 0.1) is 5.82 Å². The van der Waals surface area contributed by atoms with E-state index in [1.54, 1.807) is 35.0 Å². The molecule has 0 unspecified atom stereocenters. The Balaban J connectivity index is 1.74. The SMILES string of the molecule is O=C(OCc1cn2cc(Cl)ccc2n1)c1ccccc1F. The second-order valence-corrected chi connectivity index (χ2v) is 4.84. The fraction of sp³-hybridized carbons (Fsp3) is 0.0667. The zero-order chi connectivity index (χ0) is 14.8. The van der Waals surface area contributed by atoms with Crippen molar-refractivity contribution in [2.24, 2.45) is 0 Å². The Morgan fingerprint density at radius 2 is 2.05 bits per heavy atom. The van der Waals surface area contributed by atoms with Gasteiger partial charge >= 0.3 is 5.97 Å². The molecule has 0 saturated heterocycles. The Morgan fingerprint density at radius 1 is 1.24 bits per heavy atom. The molecule has 0 spiro atoms. The number of rotatable bonds is 3. The summed E-state index contributed by atoms with van der Waals surface area (Å²) < 4.78 is 20.2. The molecule has 0 amide bonds. The minimum absolute atomic E-state index is 0.0353. The van der Waals surface area contributed by atoms with E-state index in [-0.39, 0.29) is 12.2 Å². The van der Waals surface area contributed by atoms with Crippen molar-refractivity contribution in [2.45, 2.75) is 6.61 Å². The highest BCUT2D eigenvalue weighted by molar-refractivity contribution is 6.30. The first-order valence-corrected chi connectivity index (χ1v) is 6.56. The lowest BCUT2D eigenvalue weighted by Crippen LogP contribution is -2.07. The maximum absolute atomic E-state index is 13.4. The first-order chi connectivity index (χ1) is 10.1. The van der Waals surface area contributed by atoms with E-state index in [0.29, 0.717) is 16.4 Å². The number of carbonyl (C=O) groups excluding carboxylic acids is 1. The van der Waals surface area contributed by atoms with E-state index < -0.39 is 11.8 Å². The van der Waals surface area contributed by atoms with Crippen LogP contribution in [-0.2, 0) is 11.3 Å². The number of imidazole rings is 1. The highest BCUT2D eigenvalue weighted by Crippen LogP contribution is 2.13. The molecule has 0 aliphatic carbocycles. The molecule has 3 aromatic rings. The molecule has 4 nitrogen and oxygen atoms in total. The first kappa shape index (κ1) is 13.6. The lowest BCUT2D eigenvalue weighted by atomic mass is 10.2. The quantitative estimate of drug-likeness (QED) is 0.696. The number of ether oxygens (including phenoxy) is 1. The summed E-state index contributed by atoms with van der Waals surface area (Å²) in [6.45, 7) is -0.0353. The number of aromatic nitrogens is 2. The summed E-state index contributed by atoms with van der Waals surface area (Å²) in [6, 6.07) is 9.15. The van der Waals surface area contributed by atoms with E-state index in [9.17, 15) is 9.18 Å². The monoisotopic (exact) mass is 304 g/mol. The summed E-state index contributed by atoms with van der Waals surface area (Å²) in [6.07, 6.45) is 3.40. The number of hydrogen-bond acceptors (Lipinski definition) is 3. The van der Waals surface area contributed by atoms with Gasteiger partial charge in [0.25, 0.3) is 0 Å². The molecule has 0 bridgehead atoms. The number of halogens is 2. The van der Waals surface area contributed by atoms with E-state index in [0.717, 1.165) is 0 Å². The molecule has 1 aromatic carbocycles. The number of fused-ring (bicyclic) bond motifs is 1. The van der Waals surface area contributed by atoms with Crippen LogP contribution in [0.2, 0.25) is 5.02 Å². The number of esters is 1. The molecule has 3 rings (SSSR count). The van der Waals surface area contributed by atoms with E-state index in [1.807, 2.05) is 0 Å². The zero-order valence-electron chi connectivity index (χ0n) is 10.8. The van der Waals surface area contributed by atoms with E-state index in [2.05, 4.69) is 4.98 Å². The van der Waals surface area contributed by atoms with E-state index >= 15 is 0 Å². The molecular weight excluding hydrogens is 295 g/mol. The fourth-order valence-electron chi connectivity index (χ4n) is 1.93. The van der Waals surface area contributed by atoms with Crippen LogP contribution in [-0.4, -0.2) is 15.4 Å². The molecule has 2 aromatic heterocycles. The normalized spacial score (nSPS) is 10.8. The summed E-state index contributed by atoms with van der Waals surface area (Å²) in [5.41, 5.74) is 1.16. The van der Waals surface area contributed by atoms with Gasteiger partial charge in [0.15, 0.2) is 0 Å². The molecular formula is C15H10ClFN2O2. The van der Waals surface area contributed by atoms with Crippen molar-refractivity contribution in [3.8, 4) is 0 Å². The summed E-state index contributed by atoms with van der Waals surface area (Å²) in [4.78, 5) is 16.1. The zero-order valence-corrected chi connectivity index (χ0v) is 11.5. The van der Waals surface area contributed by atoms with Gasteiger partial charge in [-0.15, -0.1) is 0 Å². The first-order valence-electron chi connectivity index (χ1n) is 6.18. The second kappa shape index (κ2) is 5.54. The standard InChI is InChI=1S/C15H10ClFN2O2/c16-10-5-6-14-18-11(8-19(14)7-10)9-21-15(20)12-3-1-2-4-13(12)17/h1-8H,9H2. The van der Waals surface area contributed by atoms with E-state index in [1.165, 1.54) is 18.2 Å². The van der Waals surface area contributed by atoms with Gasteiger partial charge in [0.05, 0.1) is 16.3 Å². The fourth-order valence-corrected chi connectivity index (χ4v) is 2.10. The van der Waals surface area contributed by atoms with Gasteiger partial charge in [-0.1, -0.05) is 23.7 Å². The Morgan fingerprint density at radius 3 is 2.86 bits per heavy atom. The minimum atomic E-state index is -0.719. The van der Waals surface area contributed by atoms with Crippen LogP contribution < -0.4 is 0 Å². The number of pyridine rings is 1. The highest BCUT2D eigenvalue weighted by Gasteiger charge is 2.13. The average molecular weight is 305 g/mol. The van der Waals surface area contributed by atoms with Crippen LogP contribution >= 0.6 is 11.6 Å². The molecule has 0 saturated carbocycles. The molecule has 6 heteroatoms. The topological polar surface area (TPSA) is 43.6 Å². The van der Waals surface area contributed by atoms with Crippen molar-refractivity contribution in [1.82, 2.24) is 9.38 Å². The Labute approximate surface area is 124 Å². The minimum Gasteiger partial charge on any atom is -0.455 e. The number of hydrogen-bond donors (Lipinski definition) is 0. The van der Waals surface area contributed by atoms with Crippen molar-refractivity contribution < 1.29 is 13.9 Å². The summed E-state index contributed by atoms with van der Waals surface area (Å²) in [5.74, 6) is -1.33. The number of carbonyl (C=O) groups is 1. The molecule has 0 N–H and O–H groups in total. The van der Waals surface area contributed by atoms with Crippen molar-refractivity contribution >= 4 is 23.2 Å². The molecule has 106 valence electrons. The molecule has 0 aliphatic heterocycles. The number of nitrogens with zero attached hydrogens (tertiary/aromatic N) is 2. The van der Waals surface area contributed by atoms with Crippen LogP contribution in [0.4, 0.5) is 4.39 Å². The van der Waals surface area contributed by atoms with Gasteiger partial charge in [0.1, 0.15) is 18.1 Å². The third-order valence-corrected chi connectivity index (χ3v) is 3.13. The predicted molar refractivity (Wildman–Crippen MR) is 75.7 cm³/mol. The van der Waals surface area contributed by atoms with Crippen molar-refractivity contribution in [3.63, 3.8) is 0 Å². The maximum atomic E-state index is 13.4. The lowest BCUT2D eigenvalue weighted by molar-refractivity contribution is 0.0463. The van der Waals surface area contributed by atoms with Gasteiger partial charge in [0.2, 0.25) is 0 Å². The third kappa shape index (κ3) is 2.87. The molecule has 21 heavy (non-hydrogen) atoms. The van der Waals surface area contributed by atoms with Gasteiger partial charge in [-0.3, -0.25) is 0 Å². The largest absolute Gasteiger partial charge is 0.455 e. The average Bonchev–Trinajstić information content (AvgIpc) is 2.87. The molecule has 0 aliphatic rings. The molecule has 2 heterocycles. The second-order valence-electron chi connectivity index (χ2n) is 4.40.